The molecule has 1 atom stereocenters. The van der Waals surface area contributed by atoms with E-state index in [0.29, 0.717) is 0 Å². The van der Waals surface area contributed by atoms with E-state index >= 15 is 0 Å². The predicted molar refractivity (Wildman–Crippen MR) is 91.0 cm³/mol. The standard InChI is InChI=1S/C16H20N6S/c1-3-11-8-13(15-20-17-9-22(15)21-11)18-10(2)16-19-12-6-4-5-7-14(12)23-16/h8-10,18H,3-7H2,1-2H3. The third-order valence-electron chi connectivity index (χ3n) is 4.29. The molecule has 0 saturated heterocycles. The van der Waals surface area contributed by atoms with Crippen molar-refractivity contribution in [3.05, 3.63) is 33.7 Å². The second-order valence-electron chi connectivity index (χ2n) is 6.00. The van der Waals surface area contributed by atoms with Crippen LogP contribution < -0.4 is 5.32 Å². The van der Waals surface area contributed by atoms with Gasteiger partial charge in [0.15, 0.2) is 0 Å². The largest absolute Gasteiger partial charge is 0.373 e. The number of nitrogens with zero attached hydrogens (tertiary/aromatic N) is 5. The van der Waals surface area contributed by atoms with Gasteiger partial charge in [-0.1, -0.05) is 6.92 Å². The number of hydrogen-bond acceptors (Lipinski definition) is 6. The van der Waals surface area contributed by atoms with Crippen molar-refractivity contribution in [3.63, 3.8) is 0 Å². The van der Waals surface area contributed by atoms with Gasteiger partial charge in [-0.25, -0.2) is 4.98 Å². The molecule has 4 rings (SSSR count). The van der Waals surface area contributed by atoms with Gasteiger partial charge in [0.25, 0.3) is 0 Å². The van der Waals surface area contributed by atoms with Crippen LogP contribution in [0.2, 0.25) is 0 Å². The Morgan fingerprint density at radius 2 is 2.22 bits per heavy atom. The van der Waals surface area contributed by atoms with Crippen LogP contribution in [0, 0.1) is 0 Å². The Kier molecular flexibility index (Phi) is 3.72. The molecule has 0 aliphatic heterocycles. The summed E-state index contributed by atoms with van der Waals surface area (Å²) >= 11 is 1.85. The number of aromatic nitrogens is 5. The maximum atomic E-state index is 4.85. The number of nitrogens with one attached hydrogen (secondary N) is 1. The molecule has 3 aromatic heterocycles. The lowest BCUT2D eigenvalue weighted by molar-refractivity contribution is 0.678. The lowest BCUT2D eigenvalue weighted by atomic mass is 10.0. The Hall–Kier alpha value is -2.02. The Labute approximate surface area is 139 Å². The third-order valence-corrected chi connectivity index (χ3v) is 5.63. The van der Waals surface area contributed by atoms with E-state index in [2.05, 4.69) is 40.5 Å². The maximum Gasteiger partial charge on any atom is 0.200 e. The van der Waals surface area contributed by atoms with E-state index in [9.17, 15) is 0 Å². The third kappa shape index (κ3) is 2.69. The molecule has 0 saturated carbocycles. The zero-order valence-electron chi connectivity index (χ0n) is 13.4. The molecule has 7 heteroatoms. The van der Waals surface area contributed by atoms with Gasteiger partial charge in [-0.3, -0.25) is 0 Å². The summed E-state index contributed by atoms with van der Waals surface area (Å²) in [5.74, 6) is 0. The monoisotopic (exact) mass is 328 g/mol. The maximum absolute atomic E-state index is 4.85. The van der Waals surface area contributed by atoms with E-state index < -0.39 is 0 Å². The van der Waals surface area contributed by atoms with Gasteiger partial charge in [-0.05, 0) is 45.1 Å². The van der Waals surface area contributed by atoms with Crippen molar-refractivity contribution >= 4 is 22.7 Å². The molecule has 1 aliphatic carbocycles. The lowest BCUT2D eigenvalue weighted by Crippen LogP contribution is -2.09. The zero-order valence-corrected chi connectivity index (χ0v) is 14.2. The van der Waals surface area contributed by atoms with Gasteiger partial charge in [0.2, 0.25) is 5.65 Å². The SMILES string of the molecule is CCc1cc(NC(C)c2nc3c(s2)CCCC3)c2nncn2n1. The first kappa shape index (κ1) is 14.6. The minimum absolute atomic E-state index is 0.151. The number of rotatable bonds is 4. The van der Waals surface area contributed by atoms with Crippen molar-refractivity contribution < 1.29 is 0 Å². The Balaban J connectivity index is 1.64. The van der Waals surface area contributed by atoms with E-state index in [4.69, 9.17) is 4.98 Å². The van der Waals surface area contributed by atoms with Crippen molar-refractivity contribution in [1.82, 2.24) is 24.8 Å². The first-order chi connectivity index (χ1) is 11.2. The van der Waals surface area contributed by atoms with E-state index in [0.717, 1.165) is 34.9 Å². The summed E-state index contributed by atoms with van der Waals surface area (Å²) in [6, 6.07) is 2.21. The summed E-state index contributed by atoms with van der Waals surface area (Å²) < 4.78 is 1.74. The van der Waals surface area contributed by atoms with Gasteiger partial charge < -0.3 is 5.32 Å². The molecule has 0 aromatic carbocycles. The topological polar surface area (TPSA) is 68.0 Å². The molecule has 23 heavy (non-hydrogen) atoms. The quantitative estimate of drug-likeness (QED) is 0.796. The fraction of sp³-hybridized carbons (Fsp3) is 0.500. The molecule has 0 amide bonds. The smallest absolute Gasteiger partial charge is 0.200 e. The molecule has 0 radical (unpaired) electrons. The molecule has 3 heterocycles. The summed E-state index contributed by atoms with van der Waals surface area (Å²) in [5, 5.41) is 17.3. The molecule has 0 bridgehead atoms. The van der Waals surface area contributed by atoms with Crippen LogP contribution in [0.3, 0.4) is 0 Å². The van der Waals surface area contributed by atoms with Crippen LogP contribution in [-0.2, 0) is 19.3 Å². The van der Waals surface area contributed by atoms with E-state index in [1.807, 2.05) is 11.3 Å². The lowest BCUT2D eigenvalue weighted by Gasteiger charge is -2.14. The average molecular weight is 328 g/mol. The van der Waals surface area contributed by atoms with Crippen LogP contribution in [0.5, 0.6) is 0 Å². The van der Waals surface area contributed by atoms with Crippen LogP contribution in [0.1, 0.15) is 54.0 Å². The minimum Gasteiger partial charge on any atom is -0.373 e. The molecule has 0 spiro atoms. The van der Waals surface area contributed by atoms with Gasteiger partial charge in [0.05, 0.1) is 23.1 Å². The summed E-state index contributed by atoms with van der Waals surface area (Å²) in [7, 11) is 0. The Morgan fingerprint density at radius 3 is 3.04 bits per heavy atom. The fourth-order valence-corrected chi connectivity index (χ4v) is 4.17. The fourth-order valence-electron chi connectivity index (χ4n) is 3.01. The van der Waals surface area contributed by atoms with Crippen molar-refractivity contribution in [1.29, 1.82) is 0 Å². The normalized spacial score (nSPS) is 15.6. The minimum atomic E-state index is 0.151. The first-order valence-corrected chi connectivity index (χ1v) is 9.01. The van der Waals surface area contributed by atoms with E-state index in [1.165, 1.54) is 29.8 Å². The molecule has 3 aromatic rings. The first-order valence-electron chi connectivity index (χ1n) is 8.19. The van der Waals surface area contributed by atoms with Gasteiger partial charge in [-0.2, -0.15) is 9.61 Å². The molecular formula is C16H20N6S. The van der Waals surface area contributed by atoms with E-state index in [-0.39, 0.29) is 6.04 Å². The highest BCUT2D eigenvalue weighted by atomic mass is 32.1. The number of aryl methyl sites for hydroxylation is 3. The molecule has 1 unspecified atom stereocenters. The summed E-state index contributed by atoms with van der Waals surface area (Å²) in [5.41, 5.74) is 4.05. The number of hydrogen-bond donors (Lipinski definition) is 1. The molecular weight excluding hydrogens is 308 g/mol. The molecule has 6 nitrogen and oxygen atoms in total. The van der Waals surface area contributed by atoms with Crippen LogP contribution >= 0.6 is 11.3 Å². The molecule has 1 aliphatic rings. The number of fused-ring (bicyclic) bond motifs is 2. The Morgan fingerprint density at radius 1 is 1.35 bits per heavy atom. The summed E-state index contributed by atoms with van der Waals surface area (Å²) in [4.78, 5) is 6.32. The summed E-state index contributed by atoms with van der Waals surface area (Å²) in [6.07, 6.45) is 7.39. The molecule has 1 N–H and O–H groups in total. The van der Waals surface area contributed by atoms with Gasteiger partial charge in [-0.15, -0.1) is 21.5 Å². The van der Waals surface area contributed by atoms with Crippen molar-refractivity contribution in [2.45, 2.75) is 52.0 Å². The highest BCUT2D eigenvalue weighted by Gasteiger charge is 2.19. The van der Waals surface area contributed by atoms with Crippen molar-refractivity contribution in [2.75, 3.05) is 5.32 Å². The van der Waals surface area contributed by atoms with Crippen molar-refractivity contribution in [2.24, 2.45) is 0 Å². The predicted octanol–water partition coefficient (Wildman–Crippen LogP) is 3.20. The highest BCUT2D eigenvalue weighted by molar-refractivity contribution is 7.11. The number of anilines is 1. The molecule has 120 valence electrons. The van der Waals surface area contributed by atoms with Crippen LogP contribution in [0.15, 0.2) is 12.4 Å². The average Bonchev–Trinajstić information content (AvgIpc) is 3.21. The van der Waals surface area contributed by atoms with Gasteiger partial charge in [0, 0.05) is 4.88 Å². The molecule has 0 fully saturated rings. The van der Waals surface area contributed by atoms with Crippen LogP contribution in [-0.4, -0.2) is 24.8 Å². The van der Waals surface area contributed by atoms with Crippen molar-refractivity contribution in [3.8, 4) is 0 Å². The summed E-state index contributed by atoms with van der Waals surface area (Å²) in [6.45, 7) is 4.25. The number of thiazole rings is 1. The van der Waals surface area contributed by atoms with Gasteiger partial charge in [0.1, 0.15) is 11.3 Å². The van der Waals surface area contributed by atoms with Crippen LogP contribution in [0.4, 0.5) is 5.69 Å². The van der Waals surface area contributed by atoms with Crippen LogP contribution in [0.25, 0.3) is 5.65 Å². The highest BCUT2D eigenvalue weighted by Crippen LogP contribution is 2.31. The van der Waals surface area contributed by atoms with E-state index in [1.54, 1.807) is 10.8 Å². The Bertz CT molecular complexity index is 813. The second-order valence-corrected chi connectivity index (χ2v) is 7.11. The second kappa shape index (κ2) is 5.88. The van der Waals surface area contributed by atoms with Gasteiger partial charge >= 0.3 is 0 Å². The zero-order chi connectivity index (χ0) is 15.8.